The first-order chi connectivity index (χ1) is 13.9. The van der Waals surface area contributed by atoms with Gasteiger partial charge in [-0.2, -0.15) is 9.40 Å². The van der Waals surface area contributed by atoms with Gasteiger partial charge in [-0.15, -0.1) is 0 Å². The molecule has 1 aliphatic heterocycles. The summed E-state index contributed by atoms with van der Waals surface area (Å²) in [5.74, 6) is -0.0642. The Balaban J connectivity index is 1.53. The number of amides is 1. The van der Waals surface area contributed by atoms with Gasteiger partial charge in [-0.3, -0.25) is 9.89 Å². The zero-order valence-corrected chi connectivity index (χ0v) is 17.4. The molecule has 152 valence electrons. The summed E-state index contributed by atoms with van der Waals surface area (Å²) in [7, 11) is -3.64. The van der Waals surface area contributed by atoms with Crippen LogP contribution in [0, 0.1) is 13.8 Å². The van der Waals surface area contributed by atoms with E-state index in [9.17, 15) is 13.2 Å². The molecule has 4 rings (SSSR count). The molecule has 1 aliphatic rings. The van der Waals surface area contributed by atoms with E-state index in [0.717, 1.165) is 10.8 Å². The summed E-state index contributed by atoms with van der Waals surface area (Å²) in [5.41, 5.74) is 1.63. The van der Waals surface area contributed by atoms with E-state index in [1.54, 1.807) is 18.7 Å². The molecule has 1 amide bonds. The fourth-order valence-corrected chi connectivity index (χ4v) is 5.69. The van der Waals surface area contributed by atoms with Crippen LogP contribution in [-0.2, 0) is 10.0 Å². The summed E-state index contributed by atoms with van der Waals surface area (Å²) in [6.45, 7) is 4.94. The van der Waals surface area contributed by atoms with Crippen LogP contribution >= 0.6 is 0 Å². The molecule has 2 aromatic carbocycles. The van der Waals surface area contributed by atoms with Crippen molar-refractivity contribution in [1.82, 2.24) is 19.4 Å². The summed E-state index contributed by atoms with van der Waals surface area (Å²) in [6.07, 6.45) is 0.592. The highest BCUT2D eigenvalue weighted by Crippen LogP contribution is 2.23. The van der Waals surface area contributed by atoms with Crippen molar-refractivity contribution < 1.29 is 13.2 Å². The third-order valence-corrected chi connectivity index (χ3v) is 7.56. The van der Waals surface area contributed by atoms with Crippen LogP contribution in [0.25, 0.3) is 10.8 Å². The number of rotatable bonds is 3. The molecule has 7 nitrogen and oxygen atoms in total. The molecule has 0 radical (unpaired) electrons. The number of fused-ring (bicyclic) bond motifs is 1. The molecule has 0 saturated carbocycles. The molecule has 0 spiro atoms. The summed E-state index contributed by atoms with van der Waals surface area (Å²) in [6, 6.07) is 13.6. The lowest BCUT2D eigenvalue weighted by Gasteiger charge is -2.22. The summed E-state index contributed by atoms with van der Waals surface area (Å²) in [5, 5.41) is 8.86. The number of aryl methyl sites for hydroxylation is 2. The maximum atomic E-state index is 13.1. The largest absolute Gasteiger partial charge is 0.337 e. The van der Waals surface area contributed by atoms with Crippen LogP contribution in [0.3, 0.4) is 0 Å². The lowest BCUT2D eigenvalue weighted by molar-refractivity contribution is 0.0764. The monoisotopic (exact) mass is 412 g/mol. The quantitative estimate of drug-likeness (QED) is 0.717. The molecule has 1 fully saturated rings. The Hall–Kier alpha value is -2.71. The van der Waals surface area contributed by atoms with E-state index in [2.05, 4.69) is 10.2 Å². The lowest BCUT2D eigenvalue weighted by atomic mass is 10.1. The van der Waals surface area contributed by atoms with Crippen LogP contribution in [0.5, 0.6) is 0 Å². The van der Waals surface area contributed by atoms with E-state index in [4.69, 9.17) is 0 Å². The number of aromatic amines is 1. The Morgan fingerprint density at radius 3 is 2.48 bits per heavy atom. The number of aromatic nitrogens is 2. The molecule has 1 N–H and O–H groups in total. The first-order valence-electron chi connectivity index (χ1n) is 9.68. The van der Waals surface area contributed by atoms with Gasteiger partial charge in [0.25, 0.3) is 5.91 Å². The van der Waals surface area contributed by atoms with Crippen LogP contribution in [0.4, 0.5) is 0 Å². The smallest absolute Gasteiger partial charge is 0.253 e. The van der Waals surface area contributed by atoms with Crippen molar-refractivity contribution in [2.24, 2.45) is 0 Å². The number of H-pyrrole nitrogens is 1. The summed E-state index contributed by atoms with van der Waals surface area (Å²) >= 11 is 0. The molecule has 2 heterocycles. The normalized spacial score (nSPS) is 16.1. The van der Waals surface area contributed by atoms with Crippen molar-refractivity contribution in [3.63, 3.8) is 0 Å². The zero-order valence-electron chi connectivity index (χ0n) is 16.6. The predicted molar refractivity (Wildman–Crippen MR) is 111 cm³/mol. The highest BCUT2D eigenvalue weighted by molar-refractivity contribution is 7.89. The molecular formula is C21H24N4O3S. The minimum absolute atomic E-state index is 0.0642. The molecule has 1 saturated heterocycles. The number of hydrogen-bond donors (Lipinski definition) is 1. The third-order valence-electron chi connectivity index (χ3n) is 5.40. The fraction of sp³-hybridized carbons (Fsp3) is 0.333. The summed E-state index contributed by atoms with van der Waals surface area (Å²) in [4.78, 5) is 15.0. The lowest BCUT2D eigenvalue weighted by Crippen LogP contribution is -2.37. The maximum absolute atomic E-state index is 13.1. The third kappa shape index (κ3) is 3.65. The Labute approximate surface area is 170 Å². The Bertz CT molecular complexity index is 1150. The topological polar surface area (TPSA) is 86.4 Å². The van der Waals surface area contributed by atoms with Gasteiger partial charge in [0, 0.05) is 31.7 Å². The molecule has 8 heteroatoms. The average Bonchev–Trinajstić information content (AvgIpc) is 2.92. The molecule has 29 heavy (non-hydrogen) atoms. The van der Waals surface area contributed by atoms with Gasteiger partial charge in [0.1, 0.15) is 4.90 Å². The van der Waals surface area contributed by atoms with Crippen molar-refractivity contribution in [3.8, 4) is 0 Å². The molecule has 0 unspecified atom stereocenters. The standard InChI is InChI=1S/C21H24N4O3S/c1-15-20(16(2)23-22-15)29(27,28)25-11-5-10-24(12-13-25)21(26)19-9-8-17-6-3-4-7-18(17)14-19/h3-4,6-9,14H,5,10-13H2,1-2H3,(H,22,23). The van der Waals surface area contributed by atoms with Crippen LogP contribution in [-0.4, -0.2) is 59.9 Å². The van der Waals surface area contributed by atoms with E-state index in [-0.39, 0.29) is 17.3 Å². The first-order valence-corrected chi connectivity index (χ1v) is 11.1. The van der Waals surface area contributed by atoms with Crippen LogP contribution in [0.15, 0.2) is 47.4 Å². The molecule has 0 bridgehead atoms. The molecule has 0 atom stereocenters. The molecule has 0 aliphatic carbocycles. The van der Waals surface area contributed by atoms with E-state index in [1.165, 1.54) is 4.31 Å². The van der Waals surface area contributed by atoms with Gasteiger partial charge in [0.05, 0.1) is 11.4 Å². The van der Waals surface area contributed by atoms with E-state index < -0.39 is 10.0 Å². The van der Waals surface area contributed by atoms with Gasteiger partial charge in [0.2, 0.25) is 10.0 Å². The van der Waals surface area contributed by atoms with Gasteiger partial charge in [0.15, 0.2) is 0 Å². The Kier molecular flexibility index (Phi) is 5.14. The van der Waals surface area contributed by atoms with Crippen LogP contribution in [0.1, 0.15) is 28.2 Å². The fourth-order valence-electron chi connectivity index (χ4n) is 3.89. The van der Waals surface area contributed by atoms with Crippen molar-refractivity contribution in [3.05, 3.63) is 59.4 Å². The van der Waals surface area contributed by atoms with Gasteiger partial charge < -0.3 is 4.90 Å². The molecular weight excluding hydrogens is 388 g/mol. The van der Waals surface area contributed by atoms with Crippen molar-refractivity contribution in [1.29, 1.82) is 0 Å². The Morgan fingerprint density at radius 1 is 1.00 bits per heavy atom. The second-order valence-corrected chi connectivity index (χ2v) is 9.25. The molecule has 3 aromatic rings. The zero-order chi connectivity index (χ0) is 20.6. The van der Waals surface area contributed by atoms with Crippen LogP contribution < -0.4 is 0 Å². The minimum atomic E-state index is -3.64. The van der Waals surface area contributed by atoms with Crippen LogP contribution in [0.2, 0.25) is 0 Å². The van der Waals surface area contributed by atoms with Gasteiger partial charge in [-0.1, -0.05) is 30.3 Å². The summed E-state index contributed by atoms with van der Waals surface area (Å²) < 4.78 is 27.7. The number of benzene rings is 2. The number of hydrogen-bond acceptors (Lipinski definition) is 4. The minimum Gasteiger partial charge on any atom is -0.337 e. The number of carbonyl (C=O) groups is 1. The molecule has 1 aromatic heterocycles. The maximum Gasteiger partial charge on any atom is 0.253 e. The average molecular weight is 413 g/mol. The van der Waals surface area contributed by atoms with Crippen molar-refractivity contribution in [2.45, 2.75) is 25.2 Å². The first kappa shape index (κ1) is 19.6. The van der Waals surface area contributed by atoms with Crippen molar-refractivity contribution >= 4 is 26.7 Å². The van der Waals surface area contributed by atoms with E-state index in [0.29, 0.717) is 43.0 Å². The SMILES string of the molecule is Cc1n[nH]c(C)c1S(=O)(=O)N1CCCN(C(=O)c2ccc3ccccc3c2)CC1. The number of nitrogens with one attached hydrogen (secondary N) is 1. The number of nitrogens with zero attached hydrogens (tertiary/aromatic N) is 3. The second-order valence-electron chi connectivity index (χ2n) is 7.37. The van der Waals surface area contributed by atoms with Crippen molar-refractivity contribution in [2.75, 3.05) is 26.2 Å². The number of carbonyl (C=O) groups excluding carboxylic acids is 1. The highest BCUT2D eigenvalue weighted by atomic mass is 32.2. The van der Waals surface area contributed by atoms with E-state index in [1.807, 2.05) is 42.5 Å². The highest BCUT2D eigenvalue weighted by Gasteiger charge is 2.32. The Morgan fingerprint density at radius 2 is 1.76 bits per heavy atom. The van der Waals surface area contributed by atoms with E-state index >= 15 is 0 Å². The van der Waals surface area contributed by atoms with Gasteiger partial charge in [-0.25, -0.2) is 8.42 Å². The number of sulfonamides is 1. The predicted octanol–water partition coefficient (Wildman–Crippen LogP) is 2.72. The van der Waals surface area contributed by atoms with Gasteiger partial charge >= 0.3 is 0 Å². The van der Waals surface area contributed by atoms with Gasteiger partial charge in [-0.05, 0) is 43.2 Å². The second kappa shape index (κ2) is 7.61.